The Balaban J connectivity index is 1.67. The molecule has 4 nitrogen and oxygen atoms in total. The summed E-state index contributed by atoms with van der Waals surface area (Å²) < 4.78 is 5.81. The molecular weight excluding hydrogens is 300 g/mol. The van der Waals surface area contributed by atoms with Gasteiger partial charge in [-0.1, -0.05) is 11.6 Å². The first-order chi connectivity index (χ1) is 10.6. The summed E-state index contributed by atoms with van der Waals surface area (Å²) in [4.78, 5) is 3.94. The minimum Gasteiger partial charge on any atom is -0.459 e. The van der Waals surface area contributed by atoms with Gasteiger partial charge in [-0.2, -0.15) is 0 Å². The highest BCUT2D eigenvalue weighted by Gasteiger charge is 2.14. The largest absolute Gasteiger partial charge is 0.459 e. The second-order valence-electron chi connectivity index (χ2n) is 5.26. The molecule has 2 N–H and O–H groups in total. The van der Waals surface area contributed by atoms with E-state index in [4.69, 9.17) is 16.0 Å². The maximum Gasteiger partial charge on any atom is 0.134 e. The first-order valence-electron chi connectivity index (χ1n) is 7.14. The zero-order valence-corrected chi connectivity index (χ0v) is 12.9. The summed E-state index contributed by atoms with van der Waals surface area (Å²) in [6.45, 7) is 2.43. The van der Waals surface area contributed by atoms with Crippen LogP contribution in [-0.4, -0.2) is 16.6 Å². The Labute approximate surface area is 133 Å². The van der Waals surface area contributed by atoms with Crippen LogP contribution >= 0.6 is 11.6 Å². The highest BCUT2D eigenvalue weighted by molar-refractivity contribution is 6.31. The number of hydrogen-bond acceptors (Lipinski definition) is 4. The molecule has 0 radical (unpaired) electrons. The predicted octanol–water partition coefficient (Wildman–Crippen LogP) is 3.87. The van der Waals surface area contributed by atoms with Gasteiger partial charge in [-0.05, 0) is 48.9 Å². The first kappa shape index (κ1) is 15.0. The molecule has 2 heterocycles. The molecule has 0 aliphatic rings. The fraction of sp³-hybridized carbons (Fsp3) is 0.235. The van der Waals surface area contributed by atoms with Crippen LogP contribution in [0.1, 0.15) is 30.4 Å². The fourth-order valence-electron chi connectivity index (χ4n) is 2.34. The Hall–Kier alpha value is -1.88. The summed E-state index contributed by atoms with van der Waals surface area (Å²) in [6.07, 6.45) is 2.76. The van der Waals surface area contributed by atoms with Gasteiger partial charge in [0.05, 0.1) is 12.1 Å². The number of furan rings is 1. The molecule has 22 heavy (non-hydrogen) atoms. The summed E-state index contributed by atoms with van der Waals surface area (Å²) in [5, 5.41) is 15.1. The van der Waals surface area contributed by atoms with Crippen LogP contribution in [0.2, 0.25) is 5.02 Å². The summed E-state index contributed by atoms with van der Waals surface area (Å²) in [7, 11) is 0. The van der Waals surface area contributed by atoms with Gasteiger partial charge in [-0.3, -0.25) is 4.98 Å². The average molecular weight is 317 g/mol. The third-order valence-electron chi connectivity index (χ3n) is 3.63. The van der Waals surface area contributed by atoms with Gasteiger partial charge in [0.15, 0.2) is 0 Å². The number of rotatable bonds is 5. The molecule has 5 heteroatoms. The SMILES string of the molecule is CC(NCC(O)c1ccncc1)c1cc2cc(Cl)ccc2o1. The lowest BCUT2D eigenvalue weighted by Gasteiger charge is -2.15. The van der Waals surface area contributed by atoms with Crippen molar-refractivity contribution < 1.29 is 9.52 Å². The van der Waals surface area contributed by atoms with Gasteiger partial charge >= 0.3 is 0 Å². The van der Waals surface area contributed by atoms with Crippen LogP contribution in [0, 0.1) is 0 Å². The number of aliphatic hydroxyl groups excluding tert-OH is 1. The van der Waals surface area contributed by atoms with Crippen molar-refractivity contribution in [1.29, 1.82) is 0 Å². The quantitative estimate of drug-likeness (QED) is 0.750. The molecule has 0 saturated heterocycles. The van der Waals surface area contributed by atoms with Crippen molar-refractivity contribution in [2.45, 2.75) is 19.1 Å². The van der Waals surface area contributed by atoms with E-state index in [0.717, 1.165) is 22.3 Å². The number of pyridine rings is 1. The molecule has 114 valence electrons. The van der Waals surface area contributed by atoms with Crippen molar-refractivity contribution in [3.63, 3.8) is 0 Å². The van der Waals surface area contributed by atoms with E-state index in [1.165, 1.54) is 0 Å². The molecule has 0 spiro atoms. The predicted molar refractivity (Wildman–Crippen MR) is 86.8 cm³/mol. The molecule has 1 aromatic carbocycles. The van der Waals surface area contributed by atoms with E-state index in [2.05, 4.69) is 10.3 Å². The molecular formula is C17H17ClN2O2. The Morgan fingerprint density at radius 3 is 2.77 bits per heavy atom. The number of hydrogen-bond donors (Lipinski definition) is 2. The Bertz CT molecular complexity index is 758. The highest BCUT2D eigenvalue weighted by Crippen LogP contribution is 2.26. The Morgan fingerprint density at radius 2 is 2.00 bits per heavy atom. The Kier molecular flexibility index (Phi) is 4.43. The van der Waals surface area contributed by atoms with Crippen molar-refractivity contribution in [2.24, 2.45) is 0 Å². The molecule has 0 aliphatic heterocycles. The number of nitrogens with zero attached hydrogens (tertiary/aromatic N) is 1. The molecule has 2 unspecified atom stereocenters. The molecule has 3 aromatic rings. The molecule has 0 amide bonds. The van der Waals surface area contributed by atoms with Crippen LogP contribution in [0.5, 0.6) is 0 Å². The second kappa shape index (κ2) is 6.48. The lowest BCUT2D eigenvalue weighted by atomic mass is 10.1. The average Bonchev–Trinajstić information content (AvgIpc) is 2.96. The van der Waals surface area contributed by atoms with Gasteiger partial charge in [0.1, 0.15) is 11.3 Å². The second-order valence-corrected chi connectivity index (χ2v) is 5.69. The molecule has 0 bridgehead atoms. The van der Waals surface area contributed by atoms with E-state index in [-0.39, 0.29) is 6.04 Å². The van der Waals surface area contributed by atoms with E-state index in [1.54, 1.807) is 24.5 Å². The van der Waals surface area contributed by atoms with E-state index in [9.17, 15) is 5.11 Å². The number of aromatic nitrogens is 1. The molecule has 2 aromatic heterocycles. The zero-order chi connectivity index (χ0) is 15.5. The van der Waals surface area contributed by atoms with Gasteiger partial charge in [0, 0.05) is 29.3 Å². The summed E-state index contributed by atoms with van der Waals surface area (Å²) in [5.74, 6) is 0.819. The smallest absolute Gasteiger partial charge is 0.134 e. The van der Waals surface area contributed by atoms with E-state index >= 15 is 0 Å². The Morgan fingerprint density at radius 1 is 1.23 bits per heavy atom. The number of fused-ring (bicyclic) bond motifs is 1. The molecule has 0 aliphatic carbocycles. The molecule has 2 atom stereocenters. The third kappa shape index (κ3) is 3.30. The van der Waals surface area contributed by atoms with Crippen LogP contribution in [-0.2, 0) is 0 Å². The van der Waals surface area contributed by atoms with Crippen molar-refractivity contribution >= 4 is 22.6 Å². The number of benzene rings is 1. The zero-order valence-electron chi connectivity index (χ0n) is 12.2. The maximum absolute atomic E-state index is 10.2. The number of aliphatic hydroxyl groups is 1. The van der Waals surface area contributed by atoms with Crippen LogP contribution in [0.15, 0.2) is 53.2 Å². The number of halogens is 1. The van der Waals surface area contributed by atoms with E-state index in [1.807, 2.05) is 31.2 Å². The van der Waals surface area contributed by atoms with Crippen LogP contribution < -0.4 is 5.32 Å². The normalized spacial score (nSPS) is 14.1. The van der Waals surface area contributed by atoms with Gasteiger partial charge in [0.25, 0.3) is 0 Å². The fourth-order valence-corrected chi connectivity index (χ4v) is 2.52. The third-order valence-corrected chi connectivity index (χ3v) is 3.87. The molecule has 0 saturated carbocycles. The van der Waals surface area contributed by atoms with Gasteiger partial charge in [-0.25, -0.2) is 0 Å². The monoisotopic (exact) mass is 316 g/mol. The van der Waals surface area contributed by atoms with E-state index < -0.39 is 6.10 Å². The van der Waals surface area contributed by atoms with Gasteiger partial charge in [-0.15, -0.1) is 0 Å². The standard InChI is InChI=1S/C17H17ClN2O2/c1-11(20-10-15(21)12-4-6-19-7-5-12)17-9-13-8-14(18)2-3-16(13)22-17/h2-9,11,15,20-21H,10H2,1H3. The van der Waals surface area contributed by atoms with Crippen molar-refractivity contribution in [3.05, 3.63) is 65.1 Å². The van der Waals surface area contributed by atoms with Crippen molar-refractivity contribution in [2.75, 3.05) is 6.54 Å². The first-order valence-corrected chi connectivity index (χ1v) is 7.51. The molecule has 3 rings (SSSR count). The molecule has 0 fully saturated rings. The van der Waals surface area contributed by atoms with Crippen LogP contribution in [0.4, 0.5) is 0 Å². The van der Waals surface area contributed by atoms with Crippen LogP contribution in [0.25, 0.3) is 11.0 Å². The summed E-state index contributed by atoms with van der Waals surface area (Å²) in [6, 6.07) is 11.1. The number of nitrogens with one attached hydrogen (secondary N) is 1. The van der Waals surface area contributed by atoms with Crippen molar-refractivity contribution in [1.82, 2.24) is 10.3 Å². The minimum absolute atomic E-state index is 0.0114. The van der Waals surface area contributed by atoms with Gasteiger partial charge in [0.2, 0.25) is 0 Å². The highest BCUT2D eigenvalue weighted by atomic mass is 35.5. The summed E-state index contributed by atoms with van der Waals surface area (Å²) in [5.41, 5.74) is 1.65. The van der Waals surface area contributed by atoms with E-state index in [0.29, 0.717) is 11.6 Å². The van der Waals surface area contributed by atoms with Gasteiger partial charge < -0.3 is 14.8 Å². The topological polar surface area (TPSA) is 58.3 Å². The summed E-state index contributed by atoms with van der Waals surface area (Å²) >= 11 is 5.98. The van der Waals surface area contributed by atoms with Crippen LogP contribution in [0.3, 0.4) is 0 Å². The lowest BCUT2D eigenvalue weighted by Crippen LogP contribution is -2.24. The maximum atomic E-state index is 10.2. The minimum atomic E-state index is -0.579. The lowest BCUT2D eigenvalue weighted by molar-refractivity contribution is 0.169. The van der Waals surface area contributed by atoms with Crippen molar-refractivity contribution in [3.8, 4) is 0 Å².